The number of hydrogen-bond donors (Lipinski definition) is 3. The number of fused-ring (bicyclic) bond motifs is 3. The maximum atomic E-state index is 12.1. The maximum Gasteiger partial charge on any atom is 0.407 e. The molecular weight excluding hydrogens is 408 g/mol. The summed E-state index contributed by atoms with van der Waals surface area (Å²) in [6.45, 7) is 4.07. The summed E-state index contributed by atoms with van der Waals surface area (Å²) in [5.74, 6) is -1.48. The van der Waals surface area contributed by atoms with E-state index >= 15 is 0 Å². The molecule has 32 heavy (non-hydrogen) atoms. The molecule has 0 saturated heterocycles. The average molecular weight is 437 g/mol. The van der Waals surface area contributed by atoms with Crippen molar-refractivity contribution in [3.8, 4) is 11.1 Å². The molecule has 2 aromatic carbocycles. The Morgan fingerprint density at radius 3 is 2.19 bits per heavy atom. The van der Waals surface area contributed by atoms with Crippen molar-refractivity contribution in [1.82, 2.24) is 10.6 Å². The molecule has 1 aliphatic carbocycles. The van der Waals surface area contributed by atoms with Gasteiger partial charge in [-0.2, -0.15) is 0 Å². The number of ether oxygens (including phenoxy) is 1. The predicted octanol–water partition coefficient (Wildman–Crippen LogP) is 3.70. The molecule has 1 aliphatic rings. The summed E-state index contributed by atoms with van der Waals surface area (Å²) in [7, 11) is 0. The second kappa shape index (κ2) is 10.6. The summed E-state index contributed by atoms with van der Waals surface area (Å²) in [5, 5.41) is 14.2. The largest absolute Gasteiger partial charge is 0.480 e. The molecule has 0 radical (unpaired) electrons. The zero-order valence-corrected chi connectivity index (χ0v) is 18.2. The molecule has 2 amide bonds. The van der Waals surface area contributed by atoms with Gasteiger partial charge in [0.15, 0.2) is 0 Å². The molecule has 0 fully saturated rings. The highest BCUT2D eigenvalue weighted by Gasteiger charge is 2.28. The lowest BCUT2D eigenvalue weighted by molar-refractivity contribution is -0.141. The van der Waals surface area contributed by atoms with Crippen LogP contribution in [0, 0.1) is 5.92 Å². The highest BCUT2D eigenvalue weighted by Crippen LogP contribution is 2.44. The van der Waals surface area contributed by atoms with Crippen LogP contribution in [0.2, 0.25) is 0 Å². The summed E-state index contributed by atoms with van der Waals surface area (Å²) in [6.07, 6.45) is 2.41. The Hall–Kier alpha value is -3.61. The van der Waals surface area contributed by atoms with Crippen molar-refractivity contribution in [3.63, 3.8) is 0 Å². The van der Waals surface area contributed by atoms with Gasteiger partial charge in [-0.05, 0) is 34.6 Å². The van der Waals surface area contributed by atoms with Crippen LogP contribution in [0.4, 0.5) is 4.79 Å². The number of benzene rings is 2. The predicted molar refractivity (Wildman–Crippen MR) is 121 cm³/mol. The third-order valence-corrected chi connectivity index (χ3v) is 5.30. The van der Waals surface area contributed by atoms with Gasteiger partial charge in [-0.3, -0.25) is 4.79 Å². The van der Waals surface area contributed by atoms with Gasteiger partial charge in [0.05, 0.1) is 0 Å². The van der Waals surface area contributed by atoms with Crippen LogP contribution in [0.25, 0.3) is 11.1 Å². The van der Waals surface area contributed by atoms with E-state index in [-0.39, 0.29) is 25.0 Å². The highest BCUT2D eigenvalue weighted by atomic mass is 16.5. The second-order valence-electron chi connectivity index (χ2n) is 8.14. The van der Waals surface area contributed by atoms with Crippen LogP contribution in [-0.4, -0.2) is 42.3 Å². The zero-order chi connectivity index (χ0) is 23.1. The van der Waals surface area contributed by atoms with Gasteiger partial charge in [0.2, 0.25) is 5.91 Å². The van der Waals surface area contributed by atoms with Gasteiger partial charge < -0.3 is 20.5 Å². The molecule has 168 valence electrons. The molecule has 2 aromatic rings. The molecule has 3 rings (SSSR count). The minimum atomic E-state index is -1.07. The number of carbonyl (C=O) groups is 3. The van der Waals surface area contributed by atoms with E-state index in [0.29, 0.717) is 6.42 Å². The van der Waals surface area contributed by atoms with Crippen LogP contribution >= 0.6 is 0 Å². The maximum absolute atomic E-state index is 12.1. The number of carboxylic acids is 1. The molecule has 1 atom stereocenters. The SMILES string of the molecule is CC(C)CC(NC(=O)/C=C/CNC(=O)OCC1c2ccccc2-c2ccccc21)C(=O)O. The molecule has 7 heteroatoms. The Morgan fingerprint density at radius 1 is 1.03 bits per heavy atom. The van der Waals surface area contributed by atoms with Gasteiger partial charge in [-0.1, -0.05) is 68.5 Å². The van der Waals surface area contributed by atoms with Crippen molar-refractivity contribution >= 4 is 18.0 Å². The van der Waals surface area contributed by atoms with E-state index in [2.05, 4.69) is 22.8 Å². The summed E-state index contributed by atoms with van der Waals surface area (Å²) >= 11 is 0. The van der Waals surface area contributed by atoms with Gasteiger partial charge in [0.1, 0.15) is 12.6 Å². The van der Waals surface area contributed by atoms with Gasteiger partial charge in [-0.15, -0.1) is 0 Å². The van der Waals surface area contributed by atoms with Crippen molar-refractivity contribution < 1.29 is 24.2 Å². The Morgan fingerprint density at radius 2 is 1.62 bits per heavy atom. The van der Waals surface area contributed by atoms with Crippen LogP contribution in [0.3, 0.4) is 0 Å². The van der Waals surface area contributed by atoms with E-state index in [1.807, 2.05) is 50.2 Å². The van der Waals surface area contributed by atoms with Crippen molar-refractivity contribution in [2.45, 2.75) is 32.2 Å². The number of carboxylic acid groups (broad SMARTS) is 1. The van der Waals surface area contributed by atoms with Gasteiger partial charge >= 0.3 is 12.1 Å². The number of alkyl carbamates (subject to hydrolysis) is 1. The zero-order valence-electron chi connectivity index (χ0n) is 18.2. The van der Waals surface area contributed by atoms with Gasteiger partial charge in [0.25, 0.3) is 0 Å². The van der Waals surface area contributed by atoms with Crippen LogP contribution < -0.4 is 10.6 Å². The fraction of sp³-hybridized carbons (Fsp3) is 0.320. The van der Waals surface area contributed by atoms with E-state index in [1.54, 1.807) is 0 Å². The van der Waals surface area contributed by atoms with E-state index in [4.69, 9.17) is 4.74 Å². The first-order valence-corrected chi connectivity index (χ1v) is 10.7. The van der Waals surface area contributed by atoms with E-state index < -0.39 is 24.0 Å². The molecule has 0 saturated carbocycles. The Bertz CT molecular complexity index is 969. The second-order valence-corrected chi connectivity index (χ2v) is 8.14. The summed E-state index contributed by atoms with van der Waals surface area (Å²) < 4.78 is 5.42. The lowest BCUT2D eigenvalue weighted by Gasteiger charge is -2.15. The number of carbonyl (C=O) groups excluding carboxylic acids is 2. The Labute approximate surface area is 187 Å². The smallest absolute Gasteiger partial charge is 0.407 e. The van der Waals surface area contributed by atoms with Crippen LogP contribution in [0.15, 0.2) is 60.7 Å². The van der Waals surface area contributed by atoms with Crippen molar-refractivity contribution in [1.29, 1.82) is 0 Å². The molecule has 1 unspecified atom stereocenters. The number of hydrogen-bond acceptors (Lipinski definition) is 4. The topological polar surface area (TPSA) is 105 Å². The molecule has 0 spiro atoms. The van der Waals surface area contributed by atoms with Crippen LogP contribution in [-0.2, 0) is 14.3 Å². The standard InChI is InChI=1S/C25H28N2O5/c1-16(2)14-22(24(29)30)27-23(28)12-7-13-26-25(31)32-15-21-19-10-5-3-8-17(19)18-9-4-6-11-20(18)21/h3-12,16,21-22H,13-15H2,1-2H3,(H,26,31)(H,27,28)(H,29,30)/b12-7+. The molecule has 0 aliphatic heterocycles. The molecule has 0 bridgehead atoms. The van der Waals surface area contributed by atoms with Crippen LogP contribution in [0.5, 0.6) is 0 Å². The molecule has 7 nitrogen and oxygen atoms in total. The quantitative estimate of drug-likeness (QED) is 0.520. The lowest BCUT2D eigenvalue weighted by Crippen LogP contribution is -2.40. The fourth-order valence-corrected chi connectivity index (χ4v) is 3.87. The highest BCUT2D eigenvalue weighted by molar-refractivity contribution is 5.91. The van der Waals surface area contributed by atoms with E-state index in [1.165, 1.54) is 12.2 Å². The minimum Gasteiger partial charge on any atom is -0.480 e. The third kappa shape index (κ3) is 5.75. The summed E-state index contributed by atoms with van der Waals surface area (Å²) in [5.41, 5.74) is 4.58. The fourth-order valence-electron chi connectivity index (χ4n) is 3.87. The first-order chi connectivity index (χ1) is 15.4. The number of amides is 2. The van der Waals surface area contributed by atoms with Crippen molar-refractivity contribution in [3.05, 3.63) is 71.8 Å². The number of nitrogens with one attached hydrogen (secondary N) is 2. The third-order valence-electron chi connectivity index (χ3n) is 5.30. The number of rotatable bonds is 9. The van der Waals surface area contributed by atoms with Crippen LogP contribution in [0.1, 0.15) is 37.3 Å². The summed E-state index contributed by atoms with van der Waals surface area (Å²) in [4.78, 5) is 35.2. The average Bonchev–Trinajstić information content (AvgIpc) is 3.08. The molecule has 3 N–H and O–H groups in total. The van der Waals surface area contributed by atoms with E-state index in [0.717, 1.165) is 22.3 Å². The first-order valence-electron chi connectivity index (χ1n) is 10.7. The monoisotopic (exact) mass is 436 g/mol. The Balaban J connectivity index is 1.47. The Kier molecular flexibility index (Phi) is 7.65. The lowest BCUT2D eigenvalue weighted by atomic mass is 9.98. The molecular formula is C25H28N2O5. The number of aliphatic carboxylic acids is 1. The van der Waals surface area contributed by atoms with Gasteiger partial charge in [-0.25, -0.2) is 9.59 Å². The molecule has 0 heterocycles. The van der Waals surface area contributed by atoms with Crippen molar-refractivity contribution in [2.75, 3.05) is 13.2 Å². The minimum absolute atomic E-state index is 0.0246. The van der Waals surface area contributed by atoms with Gasteiger partial charge in [0, 0.05) is 18.5 Å². The van der Waals surface area contributed by atoms with E-state index in [9.17, 15) is 19.5 Å². The van der Waals surface area contributed by atoms with Crippen molar-refractivity contribution in [2.24, 2.45) is 5.92 Å². The summed E-state index contributed by atoms with van der Waals surface area (Å²) in [6, 6.07) is 15.2. The molecule has 0 aromatic heterocycles. The normalized spacial score (nSPS) is 13.5. The first kappa shape index (κ1) is 23.1.